The highest BCUT2D eigenvalue weighted by atomic mass is 16.5. The molecule has 0 spiro atoms. The van der Waals surface area contributed by atoms with E-state index in [0.717, 1.165) is 12.8 Å². The Labute approximate surface area is 107 Å². The van der Waals surface area contributed by atoms with E-state index < -0.39 is 18.1 Å². The average molecular weight is 253 g/mol. The van der Waals surface area contributed by atoms with Crippen molar-refractivity contribution in [3.63, 3.8) is 0 Å². The van der Waals surface area contributed by atoms with Gasteiger partial charge >= 0.3 is 12.1 Å². The molecule has 0 aromatic carbocycles. The SMILES string of the molecule is CCCCOC(=O)NC(C(=O)O)C1=CCC=CC1. The van der Waals surface area contributed by atoms with Gasteiger partial charge in [-0.05, 0) is 24.8 Å². The Morgan fingerprint density at radius 2 is 2.28 bits per heavy atom. The van der Waals surface area contributed by atoms with Crippen LogP contribution in [0.15, 0.2) is 23.8 Å². The highest BCUT2D eigenvalue weighted by Crippen LogP contribution is 2.15. The Kier molecular flexibility index (Phi) is 5.97. The van der Waals surface area contributed by atoms with Crippen LogP contribution in [0, 0.1) is 0 Å². The number of alkyl carbamates (subject to hydrolysis) is 1. The summed E-state index contributed by atoms with van der Waals surface area (Å²) in [6, 6.07) is -0.996. The van der Waals surface area contributed by atoms with Crippen LogP contribution in [0.4, 0.5) is 4.79 Å². The number of carbonyl (C=O) groups is 2. The molecule has 0 fully saturated rings. The van der Waals surface area contributed by atoms with Gasteiger partial charge in [0.05, 0.1) is 6.61 Å². The first-order valence-corrected chi connectivity index (χ1v) is 6.15. The van der Waals surface area contributed by atoms with Crippen LogP contribution in [0.3, 0.4) is 0 Å². The van der Waals surface area contributed by atoms with E-state index in [1.54, 1.807) is 0 Å². The number of unbranched alkanes of at least 4 members (excludes halogenated alkanes) is 1. The lowest BCUT2D eigenvalue weighted by Crippen LogP contribution is -2.42. The summed E-state index contributed by atoms with van der Waals surface area (Å²) < 4.78 is 4.90. The van der Waals surface area contributed by atoms with Crippen LogP contribution in [0.25, 0.3) is 0 Å². The van der Waals surface area contributed by atoms with Crippen molar-refractivity contribution in [1.29, 1.82) is 0 Å². The molecular formula is C13H19NO4. The first-order chi connectivity index (χ1) is 8.65. The average Bonchev–Trinajstić information content (AvgIpc) is 2.37. The number of allylic oxidation sites excluding steroid dienone is 3. The van der Waals surface area contributed by atoms with Gasteiger partial charge in [-0.2, -0.15) is 0 Å². The minimum absolute atomic E-state index is 0.313. The molecule has 1 aliphatic carbocycles. The maximum absolute atomic E-state index is 11.4. The highest BCUT2D eigenvalue weighted by Gasteiger charge is 2.24. The molecular weight excluding hydrogens is 234 g/mol. The van der Waals surface area contributed by atoms with Crippen molar-refractivity contribution in [3.8, 4) is 0 Å². The molecule has 0 aromatic heterocycles. The third-order valence-corrected chi connectivity index (χ3v) is 2.65. The van der Waals surface area contributed by atoms with E-state index in [-0.39, 0.29) is 0 Å². The topological polar surface area (TPSA) is 75.6 Å². The molecule has 0 aliphatic heterocycles. The van der Waals surface area contributed by atoms with Gasteiger partial charge in [0.25, 0.3) is 0 Å². The molecule has 1 aliphatic rings. The summed E-state index contributed by atoms with van der Waals surface area (Å²) in [6.07, 6.45) is 7.95. The molecule has 5 heteroatoms. The molecule has 0 heterocycles. The number of nitrogens with one attached hydrogen (secondary N) is 1. The van der Waals surface area contributed by atoms with Gasteiger partial charge in [0.1, 0.15) is 0 Å². The van der Waals surface area contributed by atoms with Crippen molar-refractivity contribution in [3.05, 3.63) is 23.8 Å². The molecule has 100 valence electrons. The van der Waals surface area contributed by atoms with Crippen LogP contribution in [0.1, 0.15) is 32.6 Å². The predicted octanol–water partition coefficient (Wildman–Crippen LogP) is 2.24. The fraction of sp³-hybridized carbons (Fsp3) is 0.538. The number of ether oxygens (including phenoxy) is 1. The molecule has 0 aromatic rings. The van der Waals surface area contributed by atoms with Crippen molar-refractivity contribution in [2.24, 2.45) is 0 Å². The van der Waals surface area contributed by atoms with Crippen LogP contribution in [0.2, 0.25) is 0 Å². The molecule has 0 radical (unpaired) electrons. The summed E-state index contributed by atoms with van der Waals surface area (Å²) in [5.41, 5.74) is 0.692. The van der Waals surface area contributed by atoms with E-state index >= 15 is 0 Å². The number of carbonyl (C=O) groups excluding carboxylic acids is 1. The second-order valence-corrected chi connectivity index (χ2v) is 4.10. The van der Waals surface area contributed by atoms with E-state index in [1.807, 2.05) is 25.2 Å². The monoisotopic (exact) mass is 253 g/mol. The quantitative estimate of drug-likeness (QED) is 0.562. The number of aliphatic carboxylic acids is 1. The zero-order valence-corrected chi connectivity index (χ0v) is 10.5. The summed E-state index contributed by atoms with van der Waals surface area (Å²) in [6.45, 7) is 2.30. The largest absolute Gasteiger partial charge is 0.479 e. The van der Waals surface area contributed by atoms with Crippen molar-refractivity contribution in [2.75, 3.05) is 6.61 Å². The summed E-state index contributed by atoms with van der Waals surface area (Å²) in [7, 11) is 0. The standard InChI is InChI=1S/C13H19NO4/c1-2-3-9-18-13(17)14-11(12(15)16)10-7-5-4-6-8-10/h4-5,8,11H,2-3,6-7,9H2,1H3,(H,14,17)(H,15,16). The number of hydrogen-bond donors (Lipinski definition) is 2. The minimum Gasteiger partial charge on any atom is -0.479 e. The molecule has 1 rings (SSSR count). The van der Waals surface area contributed by atoms with Crippen molar-refractivity contribution in [1.82, 2.24) is 5.32 Å². The highest BCUT2D eigenvalue weighted by molar-refractivity contribution is 5.83. The van der Waals surface area contributed by atoms with Gasteiger partial charge in [-0.3, -0.25) is 0 Å². The second-order valence-electron chi connectivity index (χ2n) is 4.10. The predicted molar refractivity (Wildman–Crippen MR) is 67.3 cm³/mol. The van der Waals surface area contributed by atoms with E-state index in [2.05, 4.69) is 5.32 Å². The Bertz CT molecular complexity index is 360. The lowest BCUT2D eigenvalue weighted by molar-refractivity contribution is -0.138. The van der Waals surface area contributed by atoms with E-state index in [9.17, 15) is 9.59 Å². The van der Waals surface area contributed by atoms with Crippen LogP contribution >= 0.6 is 0 Å². The molecule has 5 nitrogen and oxygen atoms in total. The summed E-state index contributed by atoms with van der Waals surface area (Å²) in [4.78, 5) is 22.6. The summed E-state index contributed by atoms with van der Waals surface area (Å²) in [5.74, 6) is -1.07. The Hall–Kier alpha value is -1.78. The fourth-order valence-corrected chi connectivity index (χ4v) is 1.64. The number of carboxylic acids is 1. The molecule has 2 N–H and O–H groups in total. The Morgan fingerprint density at radius 1 is 1.50 bits per heavy atom. The van der Waals surface area contributed by atoms with Crippen LogP contribution in [0.5, 0.6) is 0 Å². The first-order valence-electron chi connectivity index (χ1n) is 6.15. The summed E-state index contributed by atoms with van der Waals surface area (Å²) >= 11 is 0. The third-order valence-electron chi connectivity index (χ3n) is 2.65. The first kappa shape index (κ1) is 14.3. The van der Waals surface area contributed by atoms with Gasteiger partial charge in [0.2, 0.25) is 0 Å². The normalized spacial score (nSPS) is 15.7. The molecule has 1 unspecified atom stereocenters. The molecule has 0 bridgehead atoms. The molecule has 0 saturated heterocycles. The maximum atomic E-state index is 11.4. The van der Waals surface area contributed by atoms with Gasteiger partial charge < -0.3 is 15.2 Å². The van der Waals surface area contributed by atoms with E-state index in [0.29, 0.717) is 25.0 Å². The fourth-order valence-electron chi connectivity index (χ4n) is 1.64. The van der Waals surface area contributed by atoms with Gasteiger partial charge in [0.15, 0.2) is 6.04 Å². The van der Waals surface area contributed by atoms with Gasteiger partial charge in [0, 0.05) is 0 Å². The van der Waals surface area contributed by atoms with Crippen LogP contribution < -0.4 is 5.32 Å². The van der Waals surface area contributed by atoms with Crippen molar-refractivity contribution < 1.29 is 19.4 Å². The van der Waals surface area contributed by atoms with Gasteiger partial charge in [-0.25, -0.2) is 9.59 Å². The molecule has 1 amide bonds. The van der Waals surface area contributed by atoms with Gasteiger partial charge in [-0.1, -0.05) is 31.6 Å². The number of carboxylic acid groups (broad SMARTS) is 1. The Balaban J connectivity index is 2.50. The van der Waals surface area contributed by atoms with Gasteiger partial charge in [-0.15, -0.1) is 0 Å². The maximum Gasteiger partial charge on any atom is 0.408 e. The smallest absolute Gasteiger partial charge is 0.408 e. The molecule has 1 atom stereocenters. The van der Waals surface area contributed by atoms with Crippen LogP contribution in [-0.2, 0) is 9.53 Å². The number of amides is 1. The summed E-state index contributed by atoms with van der Waals surface area (Å²) in [5, 5.41) is 11.5. The molecule has 18 heavy (non-hydrogen) atoms. The molecule has 0 saturated carbocycles. The zero-order chi connectivity index (χ0) is 13.4. The van der Waals surface area contributed by atoms with E-state index in [4.69, 9.17) is 9.84 Å². The van der Waals surface area contributed by atoms with Crippen molar-refractivity contribution >= 4 is 12.1 Å². The number of rotatable bonds is 6. The second kappa shape index (κ2) is 7.53. The lowest BCUT2D eigenvalue weighted by atomic mass is 9.99. The van der Waals surface area contributed by atoms with Crippen LogP contribution in [-0.4, -0.2) is 29.8 Å². The van der Waals surface area contributed by atoms with Crippen molar-refractivity contribution in [2.45, 2.75) is 38.6 Å². The Morgan fingerprint density at radius 3 is 2.83 bits per heavy atom. The lowest BCUT2D eigenvalue weighted by Gasteiger charge is -2.18. The van der Waals surface area contributed by atoms with E-state index in [1.165, 1.54) is 0 Å². The third kappa shape index (κ3) is 4.61. The zero-order valence-electron chi connectivity index (χ0n) is 10.5. The minimum atomic E-state index is -1.07. The number of hydrogen-bond acceptors (Lipinski definition) is 3.